The lowest BCUT2D eigenvalue weighted by Crippen LogP contribution is -1.85. The van der Waals surface area contributed by atoms with Gasteiger partial charge in [-0.3, -0.25) is 0 Å². The molecule has 0 aliphatic rings. The summed E-state index contributed by atoms with van der Waals surface area (Å²) in [6, 6.07) is 20.3. The summed E-state index contributed by atoms with van der Waals surface area (Å²) in [6.45, 7) is 8.00. The summed E-state index contributed by atoms with van der Waals surface area (Å²) < 4.78 is 0. The molecular formula is C18H25N. The molecule has 0 bridgehead atoms. The van der Waals surface area contributed by atoms with Gasteiger partial charge in [0.2, 0.25) is 0 Å². The summed E-state index contributed by atoms with van der Waals surface area (Å²) in [5, 5.41) is 3.21. The van der Waals surface area contributed by atoms with Gasteiger partial charge in [0.25, 0.3) is 0 Å². The highest BCUT2D eigenvalue weighted by atomic mass is 14.8. The van der Waals surface area contributed by atoms with Crippen LogP contribution in [0.2, 0.25) is 0 Å². The van der Waals surface area contributed by atoms with E-state index in [1.54, 1.807) is 0 Å². The Morgan fingerprint density at radius 1 is 0.684 bits per heavy atom. The van der Waals surface area contributed by atoms with Crippen molar-refractivity contribution >= 4 is 11.8 Å². The van der Waals surface area contributed by atoms with Gasteiger partial charge in [-0.05, 0) is 23.8 Å². The highest BCUT2D eigenvalue weighted by Crippen LogP contribution is 2.06. The molecule has 2 rings (SSSR count). The molecule has 0 saturated carbocycles. The first-order valence-electron chi connectivity index (χ1n) is 6.98. The van der Waals surface area contributed by atoms with E-state index in [1.165, 1.54) is 5.56 Å². The number of anilines is 1. The van der Waals surface area contributed by atoms with Crippen LogP contribution in [0.1, 0.15) is 33.3 Å². The molecule has 1 nitrogen and oxygen atoms in total. The number of para-hydroxylation sites is 1. The van der Waals surface area contributed by atoms with Gasteiger partial charge in [0.15, 0.2) is 0 Å². The fraction of sp³-hybridized carbons (Fsp3) is 0.222. The van der Waals surface area contributed by atoms with Gasteiger partial charge >= 0.3 is 0 Å². The Hall–Kier alpha value is -2.02. The van der Waals surface area contributed by atoms with Gasteiger partial charge in [-0.2, -0.15) is 0 Å². The molecule has 0 aromatic heterocycles. The Morgan fingerprint density at radius 2 is 1.16 bits per heavy atom. The van der Waals surface area contributed by atoms with Crippen LogP contribution in [0.5, 0.6) is 0 Å². The summed E-state index contributed by atoms with van der Waals surface area (Å²) >= 11 is 0. The lowest BCUT2D eigenvalue weighted by atomic mass is 10.2. The minimum atomic E-state index is 1.10. The van der Waals surface area contributed by atoms with Gasteiger partial charge in [-0.15, -0.1) is 0 Å². The van der Waals surface area contributed by atoms with E-state index in [-0.39, 0.29) is 0 Å². The zero-order valence-electron chi connectivity index (χ0n) is 12.4. The van der Waals surface area contributed by atoms with Crippen molar-refractivity contribution in [2.24, 2.45) is 0 Å². The number of hydrogen-bond donors (Lipinski definition) is 1. The number of benzene rings is 2. The van der Waals surface area contributed by atoms with E-state index in [2.05, 4.69) is 17.4 Å². The molecule has 1 N–H and O–H groups in total. The average molecular weight is 255 g/mol. The maximum Gasteiger partial charge on any atom is 0.0379 e. The van der Waals surface area contributed by atoms with Crippen molar-refractivity contribution < 1.29 is 0 Å². The summed E-state index contributed by atoms with van der Waals surface area (Å²) in [7, 11) is 0. The Labute approximate surface area is 118 Å². The Morgan fingerprint density at radius 3 is 1.68 bits per heavy atom. The fourth-order valence-electron chi connectivity index (χ4n) is 1.33. The van der Waals surface area contributed by atoms with Gasteiger partial charge in [-0.25, -0.2) is 0 Å². The van der Waals surface area contributed by atoms with Crippen molar-refractivity contribution in [3.63, 3.8) is 0 Å². The molecule has 102 valence electrons. The maximum absolute atomic E-state index is 3.21. The predicted molar refractivity (Wildman–Crippen MR) is 88.2 cm³/mol. The number of hydrogen-bond acceptors (Lipinski definition) is 1. The molecule has 0 unspecified atom stereocenters. The Kier molecular flexibility index (Phi) is 11.1. The molecule has 1 heteroatoms. The monoisotopic (exact) mass is 255 g/mol. The third kappa shape index (κ3) is 7.82. The molecule has 0 heterocycles. The fourth-order valence-corrected chi connectivity index (χ4v) is 1.33. The van der Waals surface area contributed by atoms with Crippen molar-refractivity contribution in [1.82, 2.24) is 0 Å². The van der Waals surface area contributed by atoms with E-state index >= 15 is 0 Å². The summed E-state index contributed by atoms with van der Waals surface area (Å²) in [6.07, 6.45) is 4.00. The molecule has 0 atom stereocenters. The zero-order valence-corrected chi connectivity index (χ0v) is 12.4. The topological polar surface area (TPSA) is 12.0 Å². The van der Waals surface area contributed by atoms with Crippen LogP contribution in [0.4, 0.5) is 5.69 Å². The third-order valence-electron chi connectivity index (χ3n) is 2.10. The molecule has 0 fully saturated rings. The first-order chi connectivity index (χ1) is 9.45. The van der Waals surface area contributed by atoms with Crippen molar-refractivity contribution in [2.75, 3.05) is 5.32 Å². The third-order valence-corrected chi connectivity index (χ3v) is 2.10. The second-order valence-electron chi connectivity index (χ2n) is 3.25. The standard InChI is InChI=1S/C14H13N.2C2H6/c1-3-7-13(8-4-1)11-12-15-14-9-5-2-6-10-14;2*1-2/h1-12,15H;2*1-2H3. The molecule has 0 saturated heterocycles. The lowest BCUT2D eigenvalue weighted by molar-refractivity contribution is 1.50. The van der Waals surface area contributed by atoms with Crippen molar-refractivity contribution in [3.05, 3.63) is 72.4 Å². The molecule has 0 amide bonds. The highest BCUT2D eigenvalue weighted by Gasteiger charge is 1.84. The van der Waals surface area contributed by atoms with E-state index in [9.17, 15) is 0 Å². The largest absolute Gasteiger partial charge is 0.362 e. The van der Waals surface area contributed by atoms with Crippen molar-refractivity contribution in [2.45, 2.75) is 27.7 Å². The predicted octanol–water partition coefficient (Wildman–Crippen LogP) is 5.82. The lowest BCUT2D eigenvalue weighted by Gasteiger charge is -1.98. The minimum Gasteiger partial charge on any atom is -0.362 e. The van der Waals surface area contributed by atoms with E-state index in [1.807, 2.05) is 88.5 Å². The van der Waals surface area contributed by atoms with Gasteiger partial charge in [0.05, 0.1) is 0 Å². The van der Waals surface area contributed by atoms with E-state index in [0.29, 0.717) is 0 Å². The van der Waals surface area contributed by atoms with Gasteiger partial charge in [0.1, 0.15) is 0 Å². The summed E-state index contributed by atoms with van der Waals surface area (Å²) in [5.74, 6) is 0. The molecular weight excluding hydrogens is 230 g/mol. The van der Waals surface area contributed by atoms with E-state index < -0.39 is 0 Å². The van der Waals surface area contributed by atoms with Crippen LogP contribution in [0.3, 0.4) is 0 Å². The van der Waals surface area contributed by atoms with E-state index in [4.69, 9.17) is 0 Å². The smallest absolute Gasteiger partial charge is 0.0379 e. The first kappa shape index (κ1) is 17.0. The average Bonchev–Trinajstić information content (AvgIpc) is 2.53. The molecule has 2 aromatic rings. The molecule has 2 aromatic carbocycles. The Bertz CT molecular complexity index is 418. The van der Waals surface area contributed by atoms with Gasteiger partial charge < -0.3 is 5.32 Å². The second-order valence-corrected chi connectivity index (χ2v) is 3.25. The maximum atomic E-state index is 3.21. The van der Waals surface area contributed by atoms with Crippen molar-refractivity contribution in [3.8, 4) is 0 Å². The molecule has 0 spiro atoms. The SMILES string of the molecule is C(=Cc1ccccc1)Nc1ccccc1.CC.CC. The second kappa shape index (κ2) is 12.4. The first-order valence-corrected chi connectivity index (χ1v) is 6.98. The summed E-state index contributed by atoms with van der Waals surface area (Å²) in [5.41, 5.74) is 2.30. The molecule has 0 radical (unpaired) electrons. The van der Waals surface area contributed by atoms with Crippen LogP contribution in [0.25, 0.3) is 6.08 Å². The van der Waals surface area contributed by atoms with Crippen LogP contribution < -0.4 is 5.32 Å². The normalized spacial score (nSPS) is 8.84. The summed E-state index contributed by atoms with van der Waals surface area (Å²) in [4.78, 5) is 0. The van der Waals surface area contributed by atoms with Crippen LogP contribution >= 0.6 is 0 Å². The quantitative estimate of drug-likeness (QED) is 0.728. The molecule has 19 heavy (non-hydrogen) atoms. The number of nitrogens with one attached hydrogen (secondary N) is 1. The van der Waals surface area contributed by atoms with Crippen LogP contribution in [-0.4, -0.2) is 0 Å². The molecule has 0 aliphatic heterocycles. The number of rotatable bonds is 3. The van der Waals surface area contributed by atoms with Crippen molar-refractivity contribution in [1.29, 1.82) is 0 Å². The zero-order chi connectivity index (χ0) is 14.3. The minimum absolute atomic E-state index is 1.10. The van der Waals surface area contributed by atoms with Gasteiger partial charge in [0, 0.05) is 11.9 Å². The van der Waals surface area contributed by atoms with Gasteiger partial charge in [-0.1, -0.05) is 76.2 Å². The molecule has 0 aliphatic carbocycles. The van der Waals surface area contributed by atoms with Crippen LogP contribution in [0.15, 0.2) is 66.9 Å². The Balaban J connectivity index is 0.000000741. The highest BCUT2D eigenvalue weighted by molar-refractivity contribution is 5.54. The van der Waals surface area contributed by atoms with Crippen LogP contribution in [-0.2, 0) is 0 Å². The van der Waals surface area contributed by atoms with Crippen LogP contribution in [0, 0.1) is 0 Å². The van der Waals surface area contributed by atoms with E-state index in [0.717, 1.165) is 5.69 Å².